The van der Waals surface area contributed by atoms with Crippen LogP contribution < -0.4 is 0 Å². The van der Waals surface area contributed by atoms with Crippen molar-refractivity contribution in [2.45, 2.75) is 90.9 Å². The van der Waals surface area contributed by atoms with E-state index in [1.807, 2.05) is 0 Å². The molecular weight excluding hydrogens is 192 g/mol. The van der Waals surface area contributed by atoms with Crippen molar-refractivity contribution in [3.05, 3.63) is 0 Å². The summed E-state index contributed by atoms with van der Waals surface area (Å²) in [7, 11) is 0. The highest BCUT2D eigenvalue weighted by molar-refractivity contribution is 4.70. The number of unbranched alkanes of at least 4 members (excludes halogenated alkanes) is 6. The van der Waals surface area contributed by atoms with Crippen LogP contribution in [0.4, 0.5) is 0 Å². The Morgan fingerprint density at radius 1 is 0.875 bits per heavy atom. The molecule has 0 nitrogen and oxygen atoms in total. The molecule has 1 rings (SSSR count). The normalized spacial score (nSPS) is 25.9. The zero-order valence-corrected chi connectivity index (χ0v) is 11.6. The Labute approximate surface area is 103 Å². The Morgan fingerprint density at radius 3 is 2.25 bits per heavy atom. The van der Waals surface area contributed by atoms with E-state index in [4.69, 9.17) is 0 Å². The third kappa shape index (κ3) is 6.55. The summed E-state index contributed by atoms with van der Waals surface area (Å²) in [5.41, 5.74) is 0. The van der Waals surface area contributed by atoms with Crippen LogP contribution in [0.15, 0.2) is 0 Å². The van der Waals surface area contributed by atoms with Crippen LogP contribution in [-0.4, -0.2) is 0 Å². The molecular formula is C16H32. The molecule has 0 N–H and O–H groups in total. The van der Waals surface area contributed by atoms with Crippen LogP contribution >= 0.6 is 0 Å². The van der Waals surface area contributed by atoms with Gasteiger partial charge in [0.2, 0.25) is 0 Å². The Morgan fingerprint density at radius 2 is 1.56 bits per heavy atom. The maximum atomic E-state index is 2.44. The minimum atomic E-state index is 1.02. The second kappa shape index (κ2) is 9.07. The molecule has 0 amide bonds. The third-order valence-corrected chi connectivity index (χ3v) is 4.26. The van der Waals surface area contributed by atoms with Crippen molar-refractivity contribution in [3.8, 4) is 0 Å². The second-order valence-electron chi connectivity index (χ2n) is 6.05. The first-order chi connectivity index (χ1) is 7.83. The Balaban J connectivity index is 1.86. The topological polar surface area (TPSA) is 0 Å². The van der Waals surface area contributed by atoms with Gasteiger partial charge in [-0.2, -0.15) is 0 Å². The van der Waals surface area contributed by atoms with Crippen molar-refractivity contribution in [2.24, 2.45) is 11.8 Å². The predicted molar refractivity (Wildman–Crippen MR) is 73.7 cm³/mol. The SMILES string of the molecule is CCCCCCCCCC1CCCC(C)C1. The highest BCUT2D eigenvalue weighted by atomic mass is 14.2. The fourth-order valence-electron chi connectivity index (χ4n) is 3.21. The molecule has 2 atom stereocenters. The van der Waals surface area contributed by atoms with Crippen LogP contribution in [0.5, 0.6) is 0 Å². The maximum absolute atomic E-state index is 2.44. The molecule has 1 fully saturated rings. The molecule has 1 aliphatic rings. The first-order valence-corrected chi connectivity index (χ1v) is 7.83. The van der Waals surface area contributed by atoms with E-state index >= 15 is 0 Å². The summed E-state index contributed by atoms with van der Waals surface area (Å²) in [6.45, 7) is 4.74. The van der Waals surface area contributed by atoms with E-state index in [0.717, 1.165) is 11.8 Å². The quantitative estimate of drug-likeness (QED) is 0.447. The molecule has 96 valence electrons. The van der Waals surface area contributed by atoms with Crippen molar-refractivity contribution in [3.63, 3.8) is 0 Å². The van der Waals surface area contributed by atoms with Gasteiger partial charge >= 0.3 is 0 Å². The largest absolute Gasteiger partial charge is 0.0654 e. The summed E-state index contributed by atoms with van der Waals surface area (Å²) in [5.74, 6) is 2.10. The molecule has 2 unspecified atom stereocenters. The van der Waals surface area contributed by atoms with E-state index in [1.54, 1.807) is 0 Å². The lowest BCUT2D eigenvalue weighted by atomic mass is 9.80. The Bertz CT molecular complexity index is 150. The minimum Gasteiger partial charge on any atom is -0.0654 e. The zero-order chi connectivity index (χ0) is 11.6. The van der Waals surface area contributed by atoms with E-state index < -0.39 is 0 Å². The molecule has 0 aromatic carbocycles. The van der Waals surface area contributed by atoms with Crippen molar-refractivity contribution in [1.82, 2.24) is 0 Å². The molecule has 16 heavy (non-hydrogen) atoms. The lowest BCUT2D eigenvalue weighted by Gasteiger charge is -2.26. The van der Waals surface area contributed by atoms with Crippen molar-refractivity contribution in [1.29, 1.82) is 0 Å². The van der Waals surface area contributed by atoms with Gasteiger partial charge < -0.3 is 0 Å². The molecule has 0 aromatic heterocycles. The summed E-state index contributed by atoms with van der Waals surface area (Å²) >= 11 is 0. The summed E-state index contributed by atoms with van der Waals surface area (Å²) in [6.07, 6.45) is 17.8. The molecule has 0 spiro atoms. The molecule has 0 aromatic rings. The van der Waals surface area contributed by atoms with Gasteiger partial charge in [-0.1, -0.05) is 84.5 Å². The first kappa shape index (κ1) is 14.1. The number of hydrogen-bond donors (Lipinski definition) is 0. The molecule has 0 radical (unpaired) electrons. The van der Waals surface area contributed by atoms with Crippen LogP contribution in [0.1, 0.15) is 90.9 Å². The van der Waals surface area contributed by atoms with Gasteiger partial charge in [0, 0.05) is 0 Å². The van der Waals surface area contributed by atoms with Gasteiger partial charge in [0.15, 0.2) is 0 Å². The fourth-order valence-corrected chi connectivity index (χ4v) is 3.21. The Hall–Kier alpha value is 0. The van der Waals surface area contributed by atoms with Crippen LogP contribution in [0.25, 0.3) is 0 Å². The van der Waals surface area contributed by atoms with Crippen molar-refractivity contribution >= 4 is 0 Å². The average Bonchev–Trinajstić information content (AvgIpc) is 2.28. The Kier molecular flexibility index (Phi) is 7.98. The van der Waals surface area contributed by atoms with Crippen LogP contribution in [0.3, 0.4) is 0 Å². The van der Waals surface area contributed by atoms with Crippen LogP contribution in [0, 0.1) is 11.8 Å². The molecule has 0 bridgehead atoms. The van der Waals surface area contributed by atoms with Gasteiger partial charge in [0.1, 0.15) is 0 Å². The maximum Gasteiger partial charge on any atom is -0.0412 e. The van der Waals surface area contributed by atoms with E-state index in [2.05, 4.69) is 13.8 Å². The number of rotatable bonds is 8. The van der Waals surface area contributed by atoms with Crippen molar-refractivity contribution < 1.29 is 0 Å². The summed E-state index contributed by atoms with van der Waals surface area (Å²) in [5, 5.41) is 0. The van der Waals surface area contributed by atoms with Gasteiger partial charge in [-0.3, -0.25) is 0 Å². The summed E-state index contributed by atoms with van der Waals surface area (Å²) in [4.78, 5) is 0. The van der Waals surface area contributed by atoms with E-state index in [0.29, 0.717) is 0 Å². The third-order valence-electron chi connectivity index (χ3n) is 4.26. The standard InChI is InChI=1S/C16H32/c1-3-4-5-6-7-8-9-12-16-13-10-11-15(2)14-16/h15-16H,3-14H2,1-2H3. The monoisotopic (exact) mass is 224 g/mol. The fraction of sp³-hybridized carbons (Fsp3) is 1.00. The molecule has 1 saturated carbocycles. The highest BCUT2D eigenvalue weighted by Gasteiger charge is 2.17. The van der Waals surface area contributed by atoms with Crippen LogP contribution in [-0.2, 0) is 0 Å². The van der Waals surface area contributed by atoms with Gasteiger partial charge in [0.25, 0.3) is 0 Å². The molecule has 0 saturated heterocycles. The lowest BCUT2D eigenvalue weighted by Crippen LogP contribution is -2.12. The minimum absolute atomic E-state index is 1.02. The molecule has 0 heterocycles. The van der Waals surface area contributed by atoms with Gasteiger partial charge in [-0.15, -0.1) is 0 Å². The summed E-state index contributed by atoms with van der Waals surface area (Å²) < 4.78 is 0. The predicted octanol–water partition coefficient (Wildman–Crippen LogP) is 5.95. The zero-order valence-electron chi connectivity index (χ0n) is 11.6. The highest BCUT2D eigenvalue weighted by Crippen LogP contribution is 2.31. The van der Waals surface area contributed by atoms with E-state index in [1.165, 1.54) is 77.0 Å². The molecule has 0 aliphatic heterocycles. The average molecular weight is 224 g/mol. The van der Waals surface area contributed by atoms with Gasteiger partial charge in [-0.05, 0) is 18.3 Å². The second-order valence-corrected chi connectivity index (χ2v) is 6.05. The lowest BCUT2D eigenvalue weighted by molar-refractivity contribution is 0.263. The molecule has 1 aliphatic carbocycles. The van der Waals surface area contributed by atoms with E-state index in [9.17, 15) is 0 Å². The van der Waals surface area contributed by atoms with Gasteiger partial charge in [-0.25, -0.2) is 0 Å². The van der Waals surface area contributed by atoms with Crippen LogP contribution in [0.2, 0.25) is 0 Å². The first-order valence-electron chi connectivity index (χ1n) is 7.83. The molecule has 0 heteroatoms. The summed E-state index contributed by atoms with van der Waals surface area (Å²) in [6, 6.07) is 0. The van der Waals surface area contributed by atoms with Crippen molar-refractivity contribution in [2.75, 3.05) is 0 Å². The van der Waals surface area contributed by atoms with E-state index in [-0.39, 0.29) is 0 Å². The smallest absolute Gasteiger partial charge is 0.0412 e. The number of hydrogen-bond acceptors (Lipinski definition) is 0. The van der Waals surface area contributed by atoms with Gasteiger partial charge in [0.05, 0.1) is 0 Å².